The number of hydrogen-bond donors (Lipinski definition) is 2. The summed E-state index contributed by atoms with van der Waals surface area (Å²) in [6, 6.07) is 20.1. The van der Waals surface area contributed by atoms with Crippen molar-refractivity contribution in [2.45, 2.75) is 43.4 Å². The van der Waals surface area contributed by atoms with Gasteiger partial charge in [0.1, 0.15) is 17.1 Å². The Morgan fingerprint density at radius 2 is 1.68 bits per heavy atom. The average molecular weight is 673 g/mol. The van der Waals surface area contributed by atoms with E-state index in [9.17, 15) is 5.11 Å². The van der Waals surface area contributed by atoms with E-state index in [4.69, 9.17) is 5.73 Å². The summed E-state index contributed by atoms with van der Waals surface area (Å²) in [5, 5.41) is 18.6. The molecule has 161 valence electrons. The number of unbranched alkanes of at least 4 members (excludes halogenated alkanes) is 1. The summed E-state index contributed by atoms with van der Waals surface area (Å²) >= 11 is 4.00. The van der Waals surface area contributed by atoms with E-state index in [0.717, 1.165) is 20.9 Å². The second kappa shape index (κ2) is 15.2. The molecule has 0 heterocycles. The fourth-order valence-corrected chi connectivity index (χ4v) is 4.12. The largest absolute Gasteiger partial charge is 0.505 e. The predicted octanol–water partition coefficient (Wildman–Crippen LogP) is 8.18. The summed E-state index contributed by atoms with van der Waals surface area (Å²) in [6.45, 7) is 6.00. The van der Waals surface area contributed by atoms with Gasteiger partial charge in [-0.1, -0.05) is 46.9 Å². The third-order valence-electron chi connectivity index (χ3n) is 4.10. The third kappa shape index (κ3) is 9.76. The van der Waals surface area contributed by atoms with E-state index in [1.807, 2.05) is 62.4 Å². The Morgan fingerprint density at radius 1 is 1.00 bits per heavy atom. The van der Waals surface area contributed by atoms with Gasteiger partial charge in [-0.2, -0.15) is 30.3 Å². The van der Waals surface area contributed by atoms with Crippen molar-refractivity contribution in [1.29, 1.82) is 0 Å². The minimum Gasteiger partial charge on any atom is -0.505 e. The van der Waals surface area contributed by atoms with Crippen molar-refractivity contribution in [3.05, 3.63) is 71.8 Å². The molecule has 0 aliphatic heterocycles. The number of halogens is 1. The monoisotopic (exact) mass is 673 g/mol. The summed E-state index contributed by atoms with van der Waals surface area (Å²) < 4.78 is 1.31. The van der Waals surface area contributed by atoms with Crippen molar-refractivity contribution >= 4 is 51.4 Å². The Labute approximate surface area is 236 Å². The zero-order valence-corrected chi connectivity index (χ0v) is 24.8. The van der Waals surface area contributed by atoms with Gasteiger partial charge in [0.2, 0.25) is 0 Å². The van der Waals surface area contributed by atoms with Crippen molar-refractivity contribution in [3.63, 3.8) is 0 Å². The number of rotatable bonds is 6. The maximum absolute atomic E-state index is 10.1. The van der Waals surface area contributed by atoms with Crippen LogP contribution < -0.4 is 5.73 Å². The quantitative estimate of drug-likeness (QED) is 0.0912. The molecule has 7 heteroatoms. The van der Waals surface area contributed by atoms with Crippen LogP contribution in [0.5, 0.6) is 5.75 Å². The molecule has 0 aromatic heterocycles. The van der Waals surface area contributed by atoms with E-state index in [1.54, 1.807) is 17.8 Å². The van der Waals surface area contributed by atoms with Crippen LogP contribution in [-0.4, -0.2) is 9.53 Å². The van der Waals surface area contributed by atoms with Gasteiger partial charge < -0.3 is 10.8 Å². The summed E-state index contributed by atoms with van der Waals surface area (Å²) in [5.41, 5.74) is 9.35. The van der Waals surface area contributed by atoms with E-state index < -0.39 is 0 Å². The molecule has 0 fully saturated rings. The van der Waals surface area contributed by atoms with E-state index in [2.05, 4.69) is 45.8 Å². The molecule has 0 amide bonds. The van der Waals surface area contributed by atoms with Crippen LogP contribution in [0.15, 0.2) is 74.6 Å². The van der Waals surface area contributed by atoms with Crippen LogP contribution in [0.25, 0.3) is 0 Å². The van der Waals surface area contributed by atoms with Crippen LogP contribution in [0.4, 0.5) is 17.1 Å². The van der Waals surface area contributed by atoms with E-state index in [0.29, 0.717) is 17.1 Å². The molecule has 31 heavy (non-hydrogen) atoms. The molecule has 4 nitrogen and oxygen atoms in total. The van der Waals surface area contributed by atoms with Crippen LogP contribution >= 0.6 is 34.4 Å². The zero-order valence-electron chi connectivity index (χ0n) is 18.1. The van der Waals surface area contributed by atoms with Crippen LogP contribution in [0, 0.1) is 61.2 Å². The predicted molar refractivity (Wildman–Crippen MR) is 136 cm³/mol. The molecule has 3 aromatic carbocycles. The van der Waals surface area contributed by atoms with Crippen molar-refractivity contribution in [2.24, 2.45) is 10.2 Å². The maximum atomic E-state index is 10.1. The number of azo groups is 1. The molecule has 0 bridgehead atoms. The first-order chi connectivity index (χ1) is 14.4. The number of alkyl halides is 1. The average Bonchev–Trinajstić information content (AvgIpc) is 2.73. The third-order valence-corrected chi connectivity index (χ3v) is 5.86. The second-order valence-electron chi connectivity index (χ2n) is 6.75. The molecule has 0 spiro atoms. The molecule has 0 atom stereocenters. The molecule has 0 aliphatic rings. The molecular formula is C24H27IN3OPrS-. The number of aryl methyl sites for hydroxylation is 2. The molecule has 1 radical (unpaired) electrons. The topological polar surface area (TPSA) is 71.0 Å². The Kier molecular flexibility index (Phi) is 13.9. The number of benzene rings is 3. The minimum atomic E-state index is 0. The van der Waals surface area contributed by atoms with E-state index in [-0.39, 0.29) is 47.0 Å². The first-order valence-electron chi connectivity index (χ1n) is 9.76. The summed E-state index contributed by atoms with van der Waals surface area (Å²) in [5.74, 6) is 0.138. The van der Waals surface area contributed by atoms with Gasteiger partial charge in [-0.15, -0.1) is 22.0 Å². The van der Waals surface area contributed by atoms with Gasteiger partial charge in [-0.25, -0.2) is 0 Å². The SMILES string of the molecule is CCCCI.Cc1cc(C)c(O)c(N=Nc2cc(Sc3cc[c-]cc3)ccc2N)c1.[Pr]. The standard InChI is InChI=1S/C20H18N3OS.C4H9I.Pr/c1-13-10-14(2)20(24)19(11-13)23-22-18-12-16(8-9-17(18)21)25-15-6-4-3-5-7-15;1-2-3-4-5;/h4-12,24H,21H2,1-2H3;2-4H2,1H3;/q-1;;. The Morgan fingerprint density at radius 3 is 2.29 bits per heavy atom. The van der Waals surface area contributed by atoms with Crippen molar-refractivity contribution in [3.8, 4) is 5.75 Å². The summed E-state index contributed by atoms with van der Waals surface area (Å²) in [4.78, 5) is 2.12. The Hall–Kier alpha value is -0.696. The van der Waals surface area contributed by atoms with Gasteiger partial charge in [0.25, 0.3) is 0 Å². The number of nitrogens with two attached hydrogens (primary N) is 1. The zero-order chi connectivity index (χ0) is 21.9. The fourth-order valence-electron chi connectivity index (χ4n) is 2.50. The normalized spacial score (nSPS) is 10.3. The number of hydrogen-bond acceptors (Lipinski definition) is 5. The van der Waals surface area contributed by atoms with Gasteiger partial charge in [-0.05, 0) is 60.1 Å². The molecule has 0 saturated carbocycles. The van der Waals surface area contributed by atoms with Gasteiger partial charge in [0.05, 0.1) is 5.69 Å². The molecule has 3 aromatic rings. The Balaban J connectivity index is 0.000000721. The van der Waals surface area contributed by atoms with Crippen LogP contribution in [0.1, 0.15) is 30.9 Å². The number of nitrogens with zero attached hydrogens (tertiary/aromatic N) is 2. The maximum Gasteiger partial charge on any atom is 0.146 e. The molecule has 3 N–H and O–H groups in total. The summed E-state index contributed by atoms with van der Waals surface area (Å²) in [6.07, 6.45) is 2.71. The van der Waals surface area contributed by atoms with Crippen LogP contribution in [-0.2, 0) is 0 Å². The molecule has 0 aliphatic carbocycles. The summed E-state index contributed by atoms with van der Waals surface area (Å²) in [7, 11) is 0. The molecule has 3 rings (SSSR count). The van der Waals surface area contributed by atoms with Crippen LogP contribution in [0.2, 0.25) is 0 Å². The van der Waals surface area contributed by atoms with E-state index in [1.165, 1.54) is 17.3 Å². The first-order valence-corrected chi connectivity index (χ1v) is 12.1. The second-order valence-corrected chi connectivity index (χ2v) is 8.98. The minimum absolute atomic E-state index is 0. The van der Waals surface area contributed by atoms with Gasteiger partial charge in [0.15, 0.2) is 0 Å². The number of aromatic hydroxyl groups is 1. The van der Waals surface area contributed by atoms with Crippen molar-refractivity contribution in [2.75, 3.05) is 10.2 Å². The van der Waals surface area contributed by atoms with Crippen molar-refractivity contribution < 1.29 is 46.4 Å². The number of anilines is 1. The smallest absolute Gasteiger partial charge is 0.146 e. The fraction of sp³-hybridized carbons (Fsp3) is 0.250. The number of nitrogen functional groups attached to an aromatic ring is 1. The van der Waals surface area contributed by atoms with Gasteiger partial charge in [0, 0.05) is 46.2 Å². The van der Waals surface area contributed by atoms with Crippen molar-refractivity contribution in [1.82, 2.24) is 0 Å². The first kappa shape index (κ1) is 28.3. The van der Waals surface area contributed by atoms with Crippen LogP contribution in [0.3, 0.4) is 0 Å². The number of phenols is 1. The molecule has 0 unspecified atom stereocenters. The molecular weight excluding hydrogens is 646 g/mol. The molecule has 0 saturated heterocycles. The Bertz CT molecular complexity index is 982. The van der Waals surface area contributed by atoms with Gasteiger partial charge >= 0.3 is 0 Å². The van der Waals surface area contributed by atoms with E-state index >= 15 is 0 Å². The van der Waals surface area contributed by atoms with Gasteiger partial charge in [-0.3, -0.25) is 0 Å². The number of phenolic OH excluding ortho intramolecular Hbond substituents is 1.